The highest BCUT2D eigenvalue weighted by Crippen LogP contribution is 2.27. The summed E-state index contributed by atoms with van der Waals surface area (Å²) in [5.41, 5.74) is 1.40. The van der Waals surface area contributed by atoms with Gasteiger partial charge in [-0.05, 0) is 52.2 Å². The van der Waals surface area contributed by atoms with Crippen LogP contribution in [-0.2, 0) is 11.2 Å². The molecule has 0 radical (unpaired) electrons. The molecule has 3 nitrogen and oxygen atoms in total. The number of carboxylic acid groups (broad SMARTS) is 1. The van der Waals surface area contributed by atoms with E-state index in [0.717, 1.165) is 5.56 Å². The first-order valence-electron chi connectivity index (χ1n) is 5.65. The SMILES string of the molecule is O=C(O)C(Cc1cccc(Cl)c1)c1ncccc1Br. The summed E-state index contributed by atoms with van der Waals surface area (Å²) in [6, 6.07) is 10.7. The zero-order chi connectivity index (χ0) is 13.8. The van der Waals surface area contributed by atoms with E-state index < -0.39 is 11.9 Å². The van der Waals surface area contributed by atoms with Crippen molar-refractivity contribution in [3.63, 3.8) is 0 Å². The molecule has 0 amide bonds. The predicted octanol–water partition coefficient (Wildman–Crippen LogP) is 3.91. The van der Waals surface area contributed by atoms with Crippen molar-refractivity contribution < 1.29 is 9.90 Å². The van der Waals surface area contributed by atoms with Gasteiger partial charge in [-0.1, -0.05) is 23.7 Å². The van der Waals surface area contributed by atoms with Crippen LogP contribution in [-0.4, -0.2) is 16.1 Å². The number of halogens is 2. The van der Waals surface area contributed by atoms with Crippen molar-refractivity contribution in [2.75, 3.05) is 0 Å². The first kappa shape index (κ1) is 14.0. The summed E-state index contributed by atoms with van der Waals surface area (Å²) < 4.78 is 0.699. The molecule has 0 aliphatic rings. The summed E-state index contributed by atoms with van der Waals surface area (Å²) >= 11 is 9.25. The number of rotatable bonds is 4. The Morgan fingerprint density at radius 2 is 2.16 bits per heavy atom. The van der Waals surface area contributed by atoms with Crippen LogP contribution < -0.4 is 0 Å². The van der Waals surface area contributed by atoms with Gasteiger partial charge in [0.2, 0.25) is 0 Å². The first-order valence-corrected chi connectivity index (χ1v) is 6.82. The van der Waals surface area contributed by atoms with Gasteiger partial charge in [-0.15, -0.1) is 0 Å². The van der Waals surface area contributed by atoms with Crippen LogP contribution in [0.3, 0.4) is 0 Å². The molecule has 1 atom stereocenters. The molecule has 0 saturated carbocycles. The normalized spacial score (nSPS) is 12.1. The largest absolute Gasteiger partial charge is 0.481 e. The molecule has 1 aromatic heterocycles. The standard InChI is InChI=1S/C14H11BrClNO2/c15-12-5-2-6-17-13(12)11(14(18)19)8-9-3-1-4-10(16)7-9/h1-7,11H,8H2,(H,18,19). The van der Waals surface area contributed by atoms with E-state index >= 15 is 0 Å². The van der Waals surface area contributed by atoms with Crippen LogP contribution in [0.15, 0.2) is 47.1 Å². The van der Waals surface area contributed by atoms with Gasteiger partial charge in [-0.3, -0.25) is 9.78 Å². The quantitative estimate of drug-likeness (QED) is 0.918. The van der Waals surface area contributed by atoms with E-state index in [0.29, 0.717) is 21.6 Å². The molecular weight excluding hydrogens is 330 g/mol. The van der Waals surface area contributed by atoms with Gasteiger partial charge in [0.05, 0.1) is 5.69 Å². The number of benzene rings is 1. The van der Waals surface area contributed by atoms with Crippen molar-refractivity contribution in [2.45, 2.75) is 12.3 Å². The second kappa shape index (κ2) is 6.17. The molecule has 1 unspecified atom stereocenters. The fourth-order valence-electron chi connectivity index (χ4n) is 1.85. The van der Waals surface area contributed by atoms with Crippen molar-refractivity contribution in [3.8, 4) is 0 Å². The van der Waals surface area contributed by atoms with Crippen LogP contribution in [0.4, 0.5) is 0 Å². The van der Waals surface area contributed by atoms with E-state index in [1.54, 1.807) is 30.5 Å². The summed E-state index contributed by atoms with van der Waals surface area (Å²) in [6.07, 6.45) is 1.94. The predicted molar refractivity (Wildman–Crippen MR) is 77.5 cm³/mol. The van der Waals surface area contributed by atoms with Crippen molar-refractivity contribution >= 4 is 33.5 Å². The lowest BCUT2D eigenvalue weighted by Crippen LogP contribution is -2.16. The van der Waals surface area contributed by atoms with Crippen molar-refractivity contribution in [1.82, 2.24) is 4.98 Å². The average molecular weight is 341 g/mol. The smallest absolute Gasteiger partial charge is 0.312 e. The van der Waals surface area contributed by atoms with Crippen LogP contribution in [0.2, 0.25) is 5.02 Å². The van der Waals surface area contributed by atoms with Crippen LogP contribution in [0.1, 0.15) is 17.2 Å². The molecule has 0 spiro atoms. The Kier molecular flexibility index (Phi) is 4.56. The molecule has 1 aromatic carbocycles. The molecule has 0 bridgehead atoms. The van der Waals surface area contributed by atoms with Crippen LogP contribution in [0, 0.1) is 0 Å². The number of nitrogens with zero attached hydrogens (tertiary/aromatic N) is 1. The fourth-order valence-corrected chi connectivity index (χ4v) is 2.60. The van der Waals surface area contributed by atoms with E-state index in [9.17, 15) is 9.90 Å². The number of aliphatic carboxylic acids is 1. The van der Waals surface area contributed by atoms with Gasteiger partial charge in [0.25, 0.3) is 0 Å². The Labute approximate surface area is 124 Å². The first-order chi connectivity index (χ1) is 9.08. The van der Waals surface area contributed by atoms with Crippen molar-refractivity contribution in [2.24, 2.45) is 0 Å². The van der Waals surface area contributed by atoms with Crippen LogP contribution in [0.5, 0.6) is 0 Å². The fraction of sp³-hybridized carbons (Fsp3) is 0.143. The minimum Gasteiger partial charge on any atom is -0.481 e. The molecular formula is C14H11BrClNO2. The molecule has 2 aromatic rings. The Balaban J connectivity index is 2.32. The number of carbonyl (C=O) groups is 1. The number of pyridine rings is 1. The molecule has 2 rings (SSSR count). The lowest BCUT2D eigenvalue weighted by atomic mass is 9.96. The summed E-state index contributed by atoms with van der Waals surface area (Å²) in [4.78, 5) is 15.6. The average Bonchev–Trinajstić information content (AvgIpc) is 2.37. The van der Waals surface area contributed by atoms with Gasteiger partial charge in [0, 0.05) is 15.7 Å². The molecule has 19 heavy (non-hydrogen) atoms. The van der Waals surface area contributed by atoms with Gasteiger partial charge in [0.15, 0.2) is 0 Å². The molecule has 1 N–H and O–H groups in total. The third-order valence-corrected chi connectivity index (χ3v) is 3.65. The van der Waals surface area contributed by atoms with E-state index in [4.69, 9.17) is 11.6 Å². The monoisotopic (exact) mass is 339 g/mol. The summed E-state index contributed by atoms with van der Waals surface area (Å²) in [7, 11) is 0. The topological polar surface area (TPSA) is 50.2 Å². The Hall–Kier alpha value is -1.39. The minimum absolute atomic E-state index is 0.353. The van der Waals surface area contributed by atoms with Gasteiger partial charge < -0.3 is 5.11 Å². The molecule has 0 aliphatic heterocycles. The highest BCUT2D eigenvalue weighted by atomic mass is 79.9. The molecule has 0 saturated heterocycles. The number of carboxylic acids is 1. The summed E-state index contributed by atoms with van der Waals surface area (Å²) in [5, 5.41) is 9.99. The maximum absolute atomic E-state index is 11.4. The molecule has 1 heterocycles. The molecule has 0 fully saturated rings. The van der Waals surface area contributed by atoms with Crippen LogP contribution in [0.25, 0.3) is 0 Å². The summed E-state index contributed by atoms with van der Waals surface area (Å²) in [5.74, 6) is -1.60. The Morgan fingerprint density at radius 1 is 1.37 bits per heavy atom. The highest BCUT2D eigenvalue weighted by molar-refractivity contribution is 9.10. The lowest BCUT2D eigenvalue weighted by molar-refractivity contribution is -0.138. The molecule has 98 valence electrons. The lowest BCUT2D eigenvalue weighted by Gasteiger charge is -2.13. The molecule has 5 heteroatoms. The zero-order valence-electron chi connectivity index (χ0n) is 9.88. The van der Waals surface area contributed by atoms with Gasteiger partial charge in [0.1, 0.15) is 5.92 Å². The maximum atomic E-state index is 11.4. The van der Waals surface area contributed by atoms with E-state index in [1.165, 1.54) is 0 Å². The van der Waals surface area contributed by atoms with Crippen molar-refractivity contribution in [1.29, 1.82) is 0 Å². The number of aromatic nitrogens is 1. The second-order valence-electron chi connectivity index (χ2n) is 4.10. The van der Waals surface area contributed by atoms with Gasteiger partial charge >= 0.3 is 5.97 Å². The van der Waals surface area contributed by atoms with Crippen LogP contribution >= 0.6 is 27.5 Å². The van der Waals surface area contributed by atoms with E-state index in [1.807, 2.05) is 12.1 Å². The van der Waals surface area contributed by atoms with E-state index in [-0.39, 0.29) is 0 Å². The Bertz CT molecular complexity index is 604. The third-order valence-electron chi connectivity index (χ3n) is 2.74. The minimum atomic E-state index is -0.903. The second-order valence-corrected chi connectivity index (χ2v) is 5.39. The Morgan fingerprint density at radius 3 is 2.79 bits per heavy atom. The number of hydrogen-bond donors (Lipinski definition) is 1. The molecule has 0 aliphatic carbocycles. The third kappa shape index (κ3) is 3.55. The number of hydrogen-bond acceptors (Lipinski definition) is 2. The van der Waals surface area contributed by atoms with Gasteiger partial charge in [-0.25, -0.2) is 0 Å². The van der Waals surface area contributed by atoms with Gasteiger partial charge in [-0.2, -0.15) is 0 Å². The van der Waals surface area contributed by atoms with E-state index in [2.05, 4.69) is 20.9 Å². The zero-order valence-corrected chi connectivity index (χ0v) is 12.2. The highest BCUT2D eigenvalue weighted by Gasteiger charge is 2.23. The maximum Gasteiger partial charge on any atom is 0.312 e. The van der Waals surface area contributed by atoms with Crippen molar-refractivity contribution in [3.05, 3.63) is 63.3 Å². The summed E-state index contributed by atoms with van der Waals surface area (Å²) in [6.45, 7) is 0.